The van der Waals surface area contributed by atoms with Gasteiger partial charge in [-0.15, -0.1) is 11.3 Å². The summed E-state index contributed by atoms with van der Waals surface area (Å²) >= 11 is 4.60. The Hall–Kier alpha value is -1.41. The van der Waals surface area contributed by atoms with E-state index in [1.54, 1.807) is 19.2 Å². The normalized spacial score (nSPS) is 17.8. The van der Waals surface area contributed by atoms with Crippen molar-refractivity contribution in [2.24, 2.45) is 5.92 Å². The van der Waals surface area contributed by atoms with Crippen molar-refractivity contribution in [3.63, 3.8) is 0 Å². The number of nitrogens with zero attached hydrogens (tertiary/aromatic N) is 2. The molecule has 0 aromatic carbocycles. The van der Waals surface area contributed by atoms with Crippen LogP contribution < -0.4 is 0 Å². The third kappa shape index (κ3) is 3.82. The van der Waals surface area contributed by atoms with E-state index in [0.717, 1.165) is 3.79 Å². The molecule has 0 spiro atoms. The molecule has 6 nitrogen and oxygen atoms in total. The molecule has 1 N–H and O–H groups in total. The summed E-state index contributed by atoms with van der Waals surface area (Å²) in [4.78, 5) is 38.5. The van der Waals surface area contributed by atoms with Gasteiger partial charge in [0.2, 0.25) is 5.91 Å². The smallest absolute Gasteiger partial charge is 0.308 e. The first kappa shape index (κ1) is 16.0. The molecule has 21 heavy (non-hydrogen) atoms. The number of hydrogen-bond donors (Lipinski definition) is 1. The average molecular weight is 375 g/mol. The Morgan fingerprint density at radius 2 is 2.19 bits per heavy atom. The first-order valence-electron chi connectivity index (χ1n) is 6.40. The lowest BCUT2D eigenvalue weighted by Gasteiger charge is -2.21. The SMILES string of the molecule is CN(CC(=O)N1CCC(C(=O)O)C1)C(=O)c1ccc(Br)s1. The molecule has 0 saturated carbocycles. The quantitative estimate of drug-likeness (QED) is 0.866. The van der Waals surface area contributed by atoms with Crippen LogP contribution in [0.3, 0.4) is 0 Å². The Morgan fingerprint density at radius 1 is 1.48 bits per heavy atom. The summed E-state index contributed by atoms with van der Waals surface area (Å²) in [5, 5.41) is 8.93. The first-order valence-corrected chi connectivity index (χ1v) is 8.01. The zero-order chi connectivity index (χ0) is 15.6. The number of amides is 2. The Labute approximate surface area is 134 Å². The van der Waals surface area contributed by atoms with Crippen LogP contribution in [0, 0.1) is 5.92 Å². The maximum Gasteiger partial charge on any atom is 0.308 e. The maximum absolute atomic E-state index is 12.1. The second-order valence-corrected chi connectivity index (χ2v) is 7.39. The summed E-state index contributed by atoms with van der Waals surface area (Å²) in [6.07, 6.45) is 0.469. The topological polar surface area (TPSA) is 77.9 Å². The average Bonchev–Trinajstić information content (AvgIpc) is 3.06. The highest BCUT2D eigenvalue weighted by molar-refractivity contribution is 9.11. The zero-order valence-electron chi connectivity index (χ0n) is 11.4. The van der Waals surface area contributed by atoms with Gasteiger partial charge in [-0.2, -0.15) is 0 Å². The number of carboxylic acids is 1. The summed E-state index contributed by atoms with van der Waals surface area (Å²) in [6, 6.07) is 3.49. The molecular weight excluding hydrogens is 360 g/mol. The minimum atomic E-state index is -0.877. The van der Waals surface area contributed by atoms with Crippen molar-refractivity contribution >= 4 is 45.1 Å². The molecule has 2 amide bonds. The summed E-state index contributed by atoms with van der Waals surface area (Å²) in [7, 11) is 1.57. The molecule has 2 heterocycles. The molecule has 8 heteroatoms. The van der Waals surface area contributed by atoms with Gasteiger partial charge in [0.05, 0.1) is 21.1 Å². The van der Waals surface area contributed by atoms with Gasteiger partial charge in [-0.25, -0.2) is 0 Å². The van der Waals surface area contributed by atoms with Crippen molar-refractivity contribution in [2.45, 2.75) is 6.42 Å². The van der Waals surface area contributed by atoms with Gasteiger partial charge in [-0.05, 0) is 34.5 Å². The van der Waals surface area contributed by atoms with Crippen LogP contribution in [0.1, 0.15) is 16.1 Å². The van der Waals surface area contributed by atoms with Crippen molar-refractivity contribution in [3.8, 4) is 0 Å². The van der Waals surface area contributed by atoms with E-state index in [0.29, 0.717) is 17.8 Å². The largest absolute Gasteiger partial charge is 0.481 e. The van der Waals surface area contributed by atoms with Gasteiger partial charge in [0.1, 0.15) is 0 Å². The standard InChI is InChI=1S/C13H15BrN2O4S/c1-15(12(18)9-2-3-10(14)21-9)7-11(17)16-5-4-8(6-16)13(19)20/h2-3,8H,4-7H2,1H3,(H,19,20). The van der Waals surface area contributed by atoms with Gasteiger partial charge in [0.15, 0.2) is 0 Å². The number of rotatable bonds is 4. The molecular formula is C13H15BrN2O4S. The lowest BCUT2D eigenvalue weighted by molar-refractivity contribution is -0.141. The third-order valence-electron chi connectivity index (χ3n) is 3.39. The lowest BCUT2D eigenvalue weighted by Crippen LogP contribution is -2.40. The van der Waals surface area contributed by atoms with Crippen LogP contribution in [0.2, 0.25) is 0 Å². The Balaban J connectivity index is 1.91. The van der Waals surface area contributed by atoms with Crippen LogP contribution in [-0.4, -0.2) is 59.4 Å². The second kappa shape index (κ2) is 6.57. The molecule has 1 atom stereocenters. The van der Waals surface area contributed by atoms with Gasteiger partial charge in [-0.1, -0.05) is 0 Å². The zero-order valence-corrected chi connectivity index (χ0v) is 13.8. The van der Waals surface area contributed by atoms with Gasteiger partial charge in [0, 0.05) is 20.1 Å². The van der Waals surface area contributed by atoms with E-state index >= 15 is 0 Å². The fraction of sp³-hybridized carbons (Fsp3) is 0.462. The van der Waals surface area contributed by atoms with Crippen LogP contribution in [0.25, 0.3) is 0 Å². The summed E-state index contributed by atoms with van der Waals surface area (Å²) < 4.78 is 0.856. The summed E-state index contributed by atoms with van der Waals surface area (Å²) in [6.45, 7) is 0.615. The molecule has 1 fully saturated rings. The molecule has 1 aromatic heterocycles. The first-order chi connectivity index (χ1) is 9.88. The monoisotopic (exact) mass is 374 g/mol. The number of carboxylic acid groups (broad SMARTS) is 1. The van der Waals surface area contributed by atoms with Crippen molar-refractivity contribution in [1.29, 1.82) is 0 Å². The number of thiophene rings is 1. The molecule has 0 aliphatic carbocycles. The lowest BCUT2D eigenvalue weighted by atomic mass is 10.1. The molecule has 1 aliphatic heterocycles. The minimum Gasteiger partial charge on any atom is -0.481 e. The predicted molar refractivity (Wildman–Crippen MR) is 81.3 cm³/mol. The summed E-state index contributed by atoms with van der Waals surface area (Å²) in [5.74, 6) is -1.81. The van der Waals surface area contributed by atoms with E-state index < -0.39 is 11.9 Å². The highest BCUT2D eigenvalue weighted by atomic mass is 79.9. The van der Waals surface area contributed by atoms with Gasteiger partial charge in [0.25, 0.3) is 5.91 Å². The van der Waals surface area contributed by atoms with Crippen LogP contribution in [-0.2, 0) is 9.59 Å². The Kier molecular flexibility index (Phi) is 5.00. The van der Waals surface area contributed by atoms with Gasteiger partial charge < -0.3 is 14.9 Å². The number of carbonyl (C=O) groups is 3. The number of carbonyl (C=O) groups excluding carboxylic acids is 2. The fourth-order valence-electron chi connectivity index (χ4n) is 2.18. The van der Waals surface area contributed by atoms with Crippen molar-refractivity contribution < 1.29 is 19.5 Å². The van der Waals surface area contributed by atoms with Crippen LogP contribution in [0.15, 0.2) is 15.9 Å². The third-order valence-corrected chi connectivity index (χ3v) is 5.00. The van der Waals surface area contributed by atoms with E-state index in [1.807, 2.05) is 0 Å². The van der Waals surface area contributed by atoms with E-state index in [4.69, 9.17) is 5.11 Å². The molecule has 1 saturated heterocycles. The Morgan fingerprint density at radius 3 is 2.71 bits per heavy atom. The minimum absolute atomic E-state index is 0.0410. The van der Waals surface area contributed by atoms with E-state index in [1.165, 1.54) is 21.1 Å². The molecule has 1 unspecified atom stereocenters. The molecule has 1 aliphatic rings. The van der Waals surface area contributed by atoms with Gasteiger partial charge >= 0.3 is 5.97 Å². The number of halogens is 1. The fourth-order valence-corrected chi connectivity index (χ4v) is 3.56. The predicted octanol–water partition coefficient (Wildman–Crippen LogP) is 1.52. The maximum atomic E-state index is 12.1. The molecule has 1 aromatic rings. The van der Waals surface area contributed by atoms with Crippen molar-refractivity contribution in [2.75, 3.05) is 26.7 Å². The highest BCUT2D eigenvalue weighted by Gasteiger charge is 2.31. The van der Waals surface area contributed by atoms with E-state index in [2.05, 4.69) is 15.9 Å². The molecule has 0 radical (unpaired) electrons. The number of likely N-dealkylation sites (tertiary alicyclic amines) is 1. The van der Waals surface area contributed by atoms with Crippen LogP contribution >= 0.6 is 27.3 Å². The molecule has 114 valence electrons. The van der Waals surface area contributed by atoms with Gasteiger partial charge in [-0.3, -0.25) is 14.4 Å². The second-order valence-electron chi connectivity index (χ2n) is 4.93. The molecule has 0 bridgehead atoms. The Bertz CT molecular complexity index is 574. The van der Waals surface area contributed by atoms with E-state index in [-0.39, 0.29) is 24.9 Å². The highest BCUT2D eigenvalue weighted by Crippen LogP contribution is 2.23. The summed E-state index contributed by atoms with van der Waals surface area (Å²) in [5.41, 5.74) is 0. The van der Waals surface area contributed by atoms with E-state index in [9.17, 15) is 14.4 Å². The number of likely N-dealkylation sites (N-methyl/N-ethyl adjacent to an activating group) is 1. The van der Waals surface area contributed by atoms with Crippen LogP contribution in [0.5, 0.6) is 0 Å². The van der Waals surface area contributed by atoms with Crippen molar-refractivity contribution in [1.82, 2.24) is 9.80 Å². The van der Waals surface area contributed by atoms with Crippen LogP contribution in [0.4, 0.5) is 0 Å². The van der Waals surface area contributed by atoms with Crippen molar-refractivity contribution in [3.05, 3.63) is 20.8 Å². The molecule has 2 rings (SSSR count). The number of hydrogen-bond acceptors (Lipinski definition) is 4. The number of aliphatic carboxylic acids is 1.